The average molecular weight is 224 g/mol. The van der Waals surface area contributed by atoms with Gasteiger partial charge in [0.2, 0.25) is 0 Å². The van der Waals surface area contributed by atoms with Crippen LogP contribution in [-0.2, 0) is 0 Å². The molecule has 2 nitrogen and oxygen atoms in total. The highest BCUT2D eigenvalue weighted by molar-refractivity contribution is 4.84. The van der Waals surface area contributed by atoms with Gasteiger partial charge in [-0.2, -0.15) is 0 Å². The van der Waals surface area contributed by atoms with E-state index in [2.05, 4.69) is 5.32 Å². The Balaban J connectivity index is 1.79. The maximum absolute atomic E-state index is 5.95. The third-order valence-corrected chi connectivity index (χ3v) is 4.53. The average Bonchev–Trinajstić information content (AvgIpc) is 2.71. The maximum Gasteiger partial charge on any atom is 0.0221 e. The third kappa shape index (κ3) is 3.46. The highest BCUT2D eigenvalue weighted by Crippen LogP contribution is 2.28. The normalized spacial score (nSPS) is 26.8. The summed E-state index contributed by atoms with van der Waals surface area (Å²) < 4.78 is 0. The Kier molecular flexibility index (Phi) is 5.11. The quantitative estimate of drug-likeness (QED) is 0.721. The summed E-state index contributed by atoms with van der Waals surface area (Å²) in [5.41, 5.74) is 5.95. The molecule has 2 aliphatic rings. The molecule has 0 amide bonds. The van der Waals surface area contributed by atoms with Crippen LogP contribution in [0.3, 0.4) is 0 Å². The van der Waals surface area contributed by atoms with Gasteiger partial charge in [-0.05, 0) is 31.6 Å². The van der Waals surface area contributed by atoms with Crippen LogP contribution in [0, 0.1) is 5.92 Å². The van der Waals surface area contributed by atoms with Gasteiger partial charge in [0.05, 0.1) is 0 Å². The Hall–Kier alpha value is -0.0800. The molecule has 94 valence electrons. The Morgan fingerprint density at radius 2 is 1.44 bits per heavy atom. The van der Waals surface area contributed by atoms with Gasteiger partial charge in [0.25, 0.3) is 0 Å². The summed E-state index contributed by atoms with van der Waals surface area (Å²) in [6.45, 7) is 0.834. The van der Waals surface area contributed by atoms with Crippen molar-refractivity contribution in [3.05, 3.63) is 0 Å². The molecule has 0 bridgehead atoms. The van der Waals surface area contributed by atoms with Crippen molar-refractivity contribution in [3.8, 4) is 0 Å². The molecule has 2 fully saturated rings. The second kappa shape index (κ2) is 6.61. The Morgan fingerprint density at radius 3 is 2.00 bits per heavy atom. The fourth-order valence-electron chi connectivity index (χ4n) is 3.51. The zero-order chi connectivity index (χ0) is 11.2. The first kappa shape index (κ1) is 12.4. The number of hydrogen-bond donors (Lipinski definition) is 2. The topological polar surface area (TPSA) is 38.0 Å². The van der Waals surface area contributed by atoms with Crippen LogP contribution in [0.15, 0.2) is 0 Å². The molecule has 0 saturated heterocycles. The van der Waals surface area contributed by atoms with Crippen molar-refractivity contribution in [2.45, 2.75) is 76.3 Å². The number of hydrogen-bond acceptors (Lipinski definition) is 2. The Morgan fingerprint density at radius 1 is 0.875 bits per heavy atom. The first-order chi connectivity index (χ1) is 7.90. The fraction of sp³-hybridized carbons (Fsp3) is 1.00. The molecule has 0 spiro atoms. The lowest BCUT2D eigenvalue weighted by Crippen LogP contribution is -2.46. The molecule has 2 heteroatoms. The molecular formula is C14H28N2. The first-order valence-electron chi connectivity index (χ1n) is 7.36. The minimum Gasteiger partial charge on any atom is -0.329 e. The van der Waals surface area contributed by atoms with E-state index in [0.717, 1.165) is 18.5 Å². The molecule has 0 radical (unpaired) electrons. The van der Waals surface area contributed by atoms with Crippen molar-refractivity contribution < 1.29 is 0 Å². The minimum absolute atomic E-state index is 0.602. The summed E-state index contributed by atoms with van der Waals surface area (Å²) in [4.78, 5) is 0. The molecule has 1 atom stereocenters. The van der Waals surface area contributed by atoms with E-state index in [-0.39, 0.29) is 0 Å². The van der Waals surface area contributed by atoms with Crippen molar-refractivity contribution in [2.24, 2.45) is 11.7 Å². The molecule has 0 aliphatic heterocycles. The largest absolute Gasteiger partial charge is 0.329 e. The summed E-state index contributed by atoms with van der Waals surface area (Å²) >= 11 is 0. The summed E-state index contributed by atoms with van der Waals surface area (Å²) in [5, 5.41) is 3.86. The van der Waals surface area contributed by atoms with Crippen LogP contribution in [0.5, 0.6) is 0 Å². The molecule has 2 saturated carbocycles. The molecule has 1 unspecified atom stereocenters. The predicted molar refractivity (Wildman–Crippen MR) is 69.4 cm³/mol. The minimum atomic E-state index is 0.602. The molecule has 0 aromatic rings. The Bertz CT molecular complexity index is 179. The lowest BCUT2D eigenvalue weighted by Gasteiger charge is -2.28. The van der Waals surface area contributed by atoms with E-state index in [1.807, 2.05) is 0 Å². The molecule has 3 N–H and O–H groups in total. The van der Waals surface area contributed by atoms with Gasteiger partial charge in [-0.15, -0.1) is 0 Å². The zero-order valence-corrected chi connectivity index (χ0v) is 10.6. The summed E-state index contributed by atoms with van der Waals surface area (Å²) in [6, 6.07) is 1.36. The second-order valence-electron chi connectivity index (χ2n) is 5.74. The van der Waals surface area contributed by atoms with Gasteiger partial charge in [0.15, 0.2) is 0 Å². The van der Waals surface area contributed by atoms with Crippen LogP contribution < -0.4 is 11.1 Å². The molecule has 2 aliphatic carbocycles. The molecule has 0 aromatic carbocycles. The lowest BCUT2D eigenvalue weighted by molar-refractivity contribution is 0.311. The number of nitrogens with one attached hydrogen (secondary N) is 1. The van der Waals surface area contributed by atoms with E-state index in [0.29, 0.717) is 6.04 Å². The smallest absolute Gasteiger partial charge is 0.0221 e. The fourth-order valence-corrected chi connectivity index (χ4v) is 3.51. The van der Waals surface area contributed by atoms with Crippen molar-refractivity contribution in [2.75, 3.05) is 6.54 Å². The summed E-state index contributed by atoms with van der Waals surface area (Å²) in [7, 11) is 0. The van der Waals surface area contributed by atoms with Gasteiger partial charge in [-0.25, -0.2) is 0 Å². The van der Waals surface area contributed by atoms with Crippen LogP contribution in [-0.4, -0.2) is 18.6 Å². The zero-order valence-electron chi connectivity index (χ0n) is 10.6. The van der Waals surface area contributed by atoms with E-state index >= 15 is 0 Å². The molecular weight excluding hydrogens is 196 g/mol. The highest BCUT2D eigenvalue weighted by atomic mass is 15.0. The van der Waals surface area contributed by atoms with E-state index in [9.17, 15) is 0 Å². The van der Waals surface area contributed by atoms with E-state index in [1.165, 1.54) is 64.2 Å². The van der Waals surface area contributed by atoms with Crippen molar-refractivity contribution in [1.82, 2.24) is 5.32 Å². The van der Waals surface area contributed by atoms with Crippen molar-refractivity contribution >= 4 is 0 Å². The maximum atomic E-state index is 5.95. The first-order valence-corrected chi connectivity index (χ1v) is 7.36. The van der Waals surface area contributed by atoms with Gasteiger partial charge in [-0.1, -0.05) is 38.5 Å². The summed E-state index contributed by atoms with van der Waals surface area (Å²) in [5.74, 6) is 0.869. The summed E-state index contributed by atoms with van der Waals surface area (Å²) in [6.07, 6.45) is 14.1. The molecule has 0 aromatic heterocycles. The van der Waals surface area contributed by atoms with Gasteiger partial charge in [0, 0.05) is 18.6 Å². The van der Waals surface area contributed by atoms with E-state index in [4.69, 9.17) is 5.73 Å². The highest BCUT2D eigenvalue weighted by Gasteiger charge is 2.26. The van der Waals surface area contributed by atoms with Crippen LogP contribution in [0.1, 0.15) is 64.2 Å². The lowest BCUT2D eigenvalue weighted by atomic mass is 9.96. The van der Waals surface area contributed by atoms with Gasteiger partial charge in [0.1, 0.15) is 0 Å². The third-order valence-electron chi connectivity index (χ3n) is 4.53. The number of rotatable bonds is 4. The van der Waals surface area contributed by atoms with E-state index in [1.54, 1.807) is 0 Å². The number of nitrogens with two attached hydrogens (primary N) is 1. The Labute approximate surface area is 100 Å². The van der Waals surface area contributed by atoms with Crippen LogP contribution in [0.4, 0.5) is 0 Å². The standard InChI is InChI=1S/C14H28N2/c15-11-14(12-7-5-6-8-12)16-13-9-3-1-2-4-10-13/h12-14,16H,1-11,15H2. The molecule has 16 heavy (non-hydrogen) atoms. The van der Waals surface area contributed by atoms with Crippen molar-refractivity contribution in [3.63, 3.8) is 0 Å². The van der Waals surface area contributed by atoms with Gasteiger partial charge < -0.3 is 11.1 Å². The van der Waals surface area contributed by atoms with Crippen molar-refractivity contribution in [1.29, 1.82) is 0 Å². The van der Waals surface area contributed by atoms with Gasteiger partial charge >= 0.3 is 0 Å². The van der Waals surface area contributed by atoms with Gasteiger partial charge in [-0.3, -0.25) is 0 Å². The predicted octanol–water partition coefficient (Wildman–Crippen LogP) is 2.82. The van der Waals surface area contributed by atoms with E-state index < -0.39 is 0 Å². The molecule has 0 heterocycles. The van der Waals surface area contributed by atoms with Crippen LogP contribution >= 0.6 is 0 Å². The monoisotopic (exact) mass is 224 g/mol. The molecule has 2 rings (SSSR count). The SMILES string of the molecule is NCC(NC1CCCCCC1)C1CCCC1. The van der Waals surface area contributed by atoms with Crippen LogP contribution in [0.25, 0.3) is 0 Å². The van der Waals surface area contributed by atoms with Crippen LogP contribution in [0.2, 0.25) is 0 Å². The second-order valence-corrected chi connectivity index (χ2v) is 5.74.